The first kappa shape index (κ1) is 20.4. The Morgan fingerprint density at radius 3 is 2.33 bits per heavy atom. The Balaban J connectivity index is 0.00000144. The zero-order valence-electron chi connectivity index (χ0n) is 13.6. The van der Waals surface area contributed by atoms with Crippen LogP contribution in [0.5, 0.6) is 0 Å². The molecule has 2 atom stereocenters. The lowest BCUT2D eigenvalue weighted by Gasteiger charge is -2.17. The number of rotatable bonds is 4. The van der Waals surface area contributed by atoms with Crippen molar-refractivity contribution in [2.24, 2.45) is 5.92 Å². The molecule has 1 aromatic carbocycles. The highest BCUT2D eigenvalue weighted by Crippen LogP contribution is 2.21. The summed E-state index contributed by atoms with van der Waals surface area (Å²) in [6.45, 7) is 3.76. The minimum absolute atomic E-state index is 0. The van der Waals surface area contributed by atoms with Gasteiger partial charge in [0.15, 0.2) is 0 Å². The Bertz CT molecular complexity index is 628. The van der Waals surface area contributed by atoms with Crippen LogP contribution in [0.2, 0.25) is 0 Å². The molecule has 3 rings (SSSR count). The van der Waals surface area contributed by atoms with Gasteiger partial charge in [-0.1, -0.05) is 24.3 Å². The molecule has 6 heteroatoms. The second-order valence-electron chi connectivity index (χ2n) is 5.78. The van der Waals surface area contributed by atoms with E-state index in [1.54, 1.807) is 12.4 Å². The Labute approximate surface area is 155 Å². The van der Waals surface area contributed by atoms with Crippen molar-refractivity contribution in [1.82, 2.24) is 15.6 Å². The Morgan fingerprint density at radius 2 is 1.75 bits per heavy atom. The van der Waals surface area contributed by atoms with Crippen LogP contribution >= 0.6 is 24.8 Å². The van der Waals surface area contributed by atoms with Crippen molar-refractivity contribution in [3.05, 3.63) is 54.4 Å². The van der Waals surface area contributed by atoms with E-state index in [0.29, 0.717) is 0 Å². The minimum atomic E-state index is 0. The summed E-state index contributed by atoms with van der Waals surface area (Å²) in [6, 6.07) is 12.3. The van der Waals surface area contributed by atoms with Crippen molar-refractivity contribution in [1.29, 1.82) is 0 Å². The van der Waals surface area contributed by atoms with E-state index in [1.165, 1.54) is 0 Å². The molecular weight excluding hydrogens is 345 g/mol. The SMILES string of the molecule is CC(NC(=O)C1CCNC1)c1ccc(-c2ccncc2)cc1.Cl.Cl. The molecule has 130 valence electrons. The highest BCUT2D eigenvalue weighted by Gasteiger charge is 2.23. The lowest BCUT2D eigenvalue weighted by atomic mass is 10.0. The largest absolute Gasteiger partial charge is 0.349 e. The monoisotopic (exact) mass is 367 g/mol. The number of nitrogens with one attached hydrogen (secondary N) is 2. The molecule has 1 aliphatic heterocycles. The summed E-state index contributed by atoms with van der Waals surface area (Å²) >= 11 is 0. The van der Waals surface area contributed by atoms with Crippen LogP contribution in [-0.4, -0.2) is 24.0 Å². The minimum Gasteiger partial charge on any atom is -0.349 e. The molecule has 2 N–H and O–H groups in total. The second-order valence-corrected chi connectivity index (χ2v) is 5.78. The van der Waals surface area contributed by atoms with Gasteiger partial charge in [0.1, 0.15) is 0 Å². The Morgan fingerprint density at radius 1 is 1.12 bits per heavy atom. The van der Waals surface area contributed by atoms with E-state index in [2.05, 4.69) is 39.9 Å². The Kier molecular flexibility index (Phi) is 8.19. The number of carbonyl (C=O) groups excluding carboxylic acids is 1. The van der Waals surface area contributed by atoms with Crippen molar-refractivity contribution in [2.75, 3.05) is 13.1 Å². The Hall–Kier alpha value is -1.62. The maximum absolute atomic E-state index is 12.2. The number of halogens is 2. The van der Waals surface area contributed by atoms with Crippen LogP contribution in [0.1, 0.15) is 24.9 Å². The summed E-state index contributed by atoms with van der Waals surface area (Å²) in [5, 5.41) is 6.33. The van der Waals surface area contributed by atoms with Crippen LogP contribution in [0.4, 0.5) is 0 Å². The van der Waals surface area contributed by atoms with Gasteiger partial charge in [-0.2, -0.15) is 0 Å². The van der Waals surface area contributed by atoms with E-state index >= 15 is 0 Å². The topological polar surface area (TPSA) is 54.0 Å². The number of hydrogen-bond donors (Lipinski definition) is 2. The molecule has 0 aliphatic carbocycles. The van der Waals surface area contributed by atoms with Crippen LogP contribution in [0.25, 0.3) is 11.1 Å². The standard InChI is InChI=1S/C18H21N3O.2ClH/c1-13(21-18(22)17-8-11-20-12-17)14-2-4-15(5-3-14)16-6-9-19-10-7-16;;/h2-7,9-10,13,17,20H,8,11-12H2,1H3,(H,21,22);2*1H. The average molecular weight is 368 g/mol. The molecular formula is C18H23Cl2N3O. The van der Waals surface area contributed by atoms with Gasteiger partial charge in [-0.3, -0.25) is 9.78 Å². The maximum atomic E-state index is 12.2. The normalized spacial score (nSPS) is 17.3. The van der Waals surface area contributed by atoms with Crippen molar-refractivity contribution >= 4 is 30.7 Å². The third-order valence-electron chi connectivity index (χ3n) is 4.21. The van der Waals surface area contributed by atoms with Gasteiger partial charge >= 0.3 is 0 Å². The van der Waals surface area contributed by atoms with Gasteiger partial charge in [0.2, 0.25) is 5.91 Å². The molecule has 1 aromatic heterocycles. The highest BCUT2D eigenvalue weighted by molar-refractivity contribution is 5.85. The predicted octanol–water partition coefficient (Wildman–Crippen LogP) is 3.38. The van der Waals surface area contributed by atoms with Gasteiger partial charge in [0.05, 0.1) is 12.0 Å². The first-order valence-corrected chi connectivity index (χ1v) is 7.75. The summed E-state index contributed by atoms with van der Waals surface area (Å²) in [5.74, 6) is 0.259. The lowest BCUT2D eigenvalue weighted by Crippen LogP contribution is -2.33. The number of nitrogens with zero attached hydrogens (tertiary/aromatic N) is 1. The third-order valence-corrected chi connectivity index (χ3v) is 4.21. The van der Waals surface area contributed by atoms with Gasteiger partial charge in [0, 0.05) is 18.9 Å². The second kappa shape index (κ2) is 9.62. The highest BCUT2D eigenvalue weighted by atomic mass is 35.5. The molecule has 2 aromatic rings. The number of pyridine rings is 1. The van der Waals surface area contributed by atoms with E-state index in [9.17, 15) is 4.79 Å². The summed E-state index contributed by atoms with van der Waals surface area (Å²) in [6.07, 6.45) is 4.52. The number of carbonyl (C=O) groups is 1. The van der Waals surface area contributed by atoms with Crippen LogP contribution in [0.3, 0.4) is 0 Å². The maximum Gasteiger partial charge on any atom is 0.224 e. The van der Waals surface area contributed by atoms with Crippen LogP contribution in [0, 0.1) is 5.92 Å². The quantitative estimate of drug-likeness (QED) is 0.870. The van der Waals surface area contributed by atoms with Crippen molar-refractivity contribution in [3.63, 3.8) is 0 Å². The lowest BCUT2D eigenvalue weighted by molar-refractivity contribution is -0.125. The van der Waals surface area contributed by atoms with Crippen molar-refractivity contribution in [3.8, 4) is 11.1 Å². The molecule has 1 amide bonds. The molecule has 0 bridgehead atoms. The molecule has 2 unspecified atom stereocenters. The van der Waals surface area contributed by atoms with Gasteiger partial charge in [0.25, 0.3) is 0 Å². The summed E-state index contributed by atoms with van der Waals surface area (Å²) < 4.78 is 0. The van der Waals surface area contributed by atoms with Crippen molar-refractivity contribution < 1.29 is 4.79 Å². The van der Waals surface area contributed by atoms with Gasteiger partial charge in [-0.05, 0) is 48.7 Å². The molecule has 0 saturated carbocycles. The predicted molar refractivity (Wildman–Crippen MR) is 102 cm³/mol. The zero-order valence-corrected chi connectivity index (χ0v) is 15.2. The van der Waals surface area contributed by atoms with Crippen LogP contribution in [0.15, 0.2) is 48.8 Å². The van der Waals surface area contributed by atoms with E-state index in [-0.39, 0.29) is 42.7 Å². The number of amides is 1. The first-order chi connectivity index (χ1) is 10.7. The number of hydrogen-bond acceptors (Lipinski definition) is 3. The first-order valence-electron chi connectivity index (χ1n) is 7.75. The number of aromatic nitrogens is 1. The van der Waals surface area contributed by atoms with E-state index in [1.807, 2.05) is 19.1 Å². The van der Waals surface area contributed by atoms with Crippen LogP contribution in [-0.2, 0) is 4.79 Å². The number of benzene rings is 1. The fourth-order valence-electron chi connectivity index (χ4n) is 2.80. The van der Waals surface area contributed by atoms with Gasteiger partial charge in [-0.15, -0.1) is 24.8 Å². The molecule has 0 radical (unpaired) electrons. The molecule has 1 fully saturated rings. The van der Waals surface area contributed by atoms with E-state index in [4.69, 9.17) is 0 Å². The zero-order chi connectivity index (χ0) is 15.4. The summed E-state index contributed by atoms with van der Waals surface area (Å²) in [4.78, 5) is 16.2. The molecule has 24 heavy (non-hydrogen) atoms. The molecule has 0 spiro atoms. The molecule has 1 aliphatic rings. The van der Waals surface area contributed by atoms with E-state index in [0.717, 1.165) is 36.2 Å². The molecule has 4 nitrogen and oxygen atoms in total. The summed E-state index contributed by atoms with van der Waals surface area (Å²) in [5.41, 5.74) is 3.43. The van der Waals surface area contributed by atoms with E-state index < -0.39 is 0 Å². The smallest absolute Gasteiger partial charge is 0.224 e. The van der Waals surface area contributed by atoms with Gasteiger partial charge in [-0.25, -0.2) is 0 Å². The molecule has 2 heterocycles. The average Bonchev–Trinajstić information content (AvgIpc) is 3.10. The van der Waals surface area contributed by atoms with Crippen molar-refractivity contribution in [2.45, 2.75) is 19.4 Å². The van der Waals surface area contributed by atoms with Crippen LogP contribution < -0.4 is 10.6 Å². The van der Waals surface area contributed by atoms with Gasteiger partial charge < -0.3 is 10.6 Å². The fourth-order valence-corrected chi connectivity index (χ4v) is 2.80. The molecule has 1 saturated heterocycles. The fraction of sp³-hybridized carbons (Fsp3) is 0.333. The third kappa shape index (κ3) is 4.94. The summed E-state index contributed by atoms with van der Waals surface area (Å²) in [7, 11) is 0.